The Morgan fingerprint density at radius 1 is 1.12 bits per heavy atom. The lowest BCUT2D eigenvalue weighted by atomic mass is 10.1. The van der Waals surface area contributed by atoms with Gasteiger partial charge in [0.25, 0.3) is 0 Å². The summed E-state index contributed by atoms with van der Waals surface area (Å²) in [5.41, 5.74) is 3.99. The standard InChI is InChI=1S/C26H25N5O3/c1-18-23(30-24(32)9-6-14-33-2)17-31-26(18)25(19(15-27)16-28-31)29-20-10-12-22(13-11-20)34-21-7-4-3-5-8-21/h3-5,7-8,10-13,16-17,29H,6,9,14H2,1-2H3,(H,30,32). The lowest BCUT2D eigenvalue weighted by Crippen LogP contribution is -2.12. The van der Waals surface area contributed by atoms with Gasteiger partial charge in [0, 0.05) is 31.4 Å². The van der Waals surface area contributed by atoms with E-state index in [4.69, 9.17) is 9.47 Å². The predicted octanol–water partition coefficient (Wildman–Crippen LogP) is 5.42. The van der Waals surface area contributed by atoms with Gasteiger partial charge >= 0.3 is 0 Å². The first-order valence-corrected chi connectivity index (χ1v) is 10.9. The molecule has 34 heavy (non-hydrogen) atoms. The first-order valence-electron chi connectivity index (χ1n) is 10.9. The van der Waals surface area contributed by atoms with Gasteiger partial charge in [-0.15, -0.1) is 0 Å². The zero-order valence-electron chi connectivity index (χ0n) is 19.0. The number of ether oxygens (including phenoxy) is 2. The van der Waals surface area contributed by atoms with Gasteiger partial charge in [0.1, 0.15) is 17.6 Å². The molecule has 4 rings (SSSR count). The van der Waals surface area contributed by atoms with Gasteiger partial charge in [-0.3, -0.25) is 4.79 Å². The summed E-state index contributed by atoms with van der Waals surface area (Å²) in [4.78, 5) is 12.3. The Morgan fingerprint density at radius 3 is 2.56 bits per heavy atom. The Kier molecular flexibility index (Phi) is 7.06. The van der Waals surface area contributed by atoms with Gasteiger partial charge in [-0.1, -0.05) is 18.2 Å². The average Bonchev–Trinajstić information content (AvgIpc) is 3.16. The fourth-order valence-corrected chi connectivity index (χ4v) is 3.59. The number of benzene rings is 2. The van der Waals surface area contributed by atoms with Crippen LogP contribution >= 0.6 is 0 Å². The van der Waals surface area contributed by atoms with Crippen LogP contribution in [-0.2, 0) is 9.53 Å². The van der Waals surface area contributed by atoms with Crippen LogP contribution in [0.25, 0.3) is 5.52 Å². The molecule has 2 aromatic carbocycles. The van der Waals surface area contributed by atoms with Crippen molar-refractivity contribution in [3.8, 4) is 17.6 Å². The molecule has 2 aromatic heterocycles. The van der Waals surface area contributed by atoms with Crippen LogP contribution in [0.3, 0.4) is 0 Å². The highest BCUT2D eigenvalue weighted by Crippen LogP contribution is 2.33. The SMILES string of the molecule is COCCCC(=O)Nc1cn2ncc(C#N)c(Nc3ccc(Oc4ccccc4)cc3)c2c1C. The Labute approximate surface area is 197 Å². The Balaban J connectivity index is 1.58. The van der Waals surface area contributed by atoms with Crippen molar-refractivity contribution in [2.75, 3.05) is 24.4 Å². The zero-order valence-corrected chi connectivity index (χ0v) is 19.0. The number of hydrogen-bond donors (Lipinski definition) is 2. The minimum absolute atomic E-state index is 0.0972. The van der Waals surface area contributed by atoms with Crippen molar-refractivity contribution in [1.29, 1.82) is 5.26 Å². The number of nitrogens with zero attached hydrogens (tertiary/aromatic N) is 3. The van der Waals surface area contributed by atoms with Crippen LogP contribution in [0.5, 0.6) is 11.5 Å². The highest BCUT2D eigenvalue weighted by Gasteiger charge is 2.17. The van der Waals surface area contributed by atoms with Gasteiger partial charge in [-0.05, 0) is 49.7 Å². The summed E-state index contributed by atoms with van der Waals surface area (Å²) < 4.78 is 12.5. The van der Waals surface area contributed by atoms with E-state index in [1.165, 1.54) is 6.20 Å². The zero-order chi connectivity index (χ0) is 23.9. The predicted molar refractivity (Wildman–Crippen MR) is 131 cm³/mol. The summed E-state index contributed by atoms with van der Waals surface area (Å²) in [6, 6.07) is 19.2. The Bertz CT molecular complexity index is 1320. The van der Waals surface area contributed by atoms with Crippen LogP contribution in [0.15, 0.2) is 67.0 Å². The molecule has 0 aliphatic heterocycles. The number of hydrogen-bond acceptors (Lipinski definition) is 6. The molecule has 4 aromatic rings. The van der Waals surface area contributed by atoms with Crippen molar-refractivity contribution >= 4 is 28.5 Å². The van der Waals surface area contributed by atoms with E-state index in [9.17, 15) is 10.1 Å². The highest BCUT2D eigenvalue weighted by molar-refractivity contribution is 5.95. The normalized spacial score (nSPS) is 10.6. The van der Waals surface area contributed by atoms with Crippen LogP contribution in [-0.4, -0.2) is 29.2 Å². The number of rotatable bonds is 9. The van der Waals surface area contributed by atoms with E-state index in [2.05, 4.69) is 21.8 Å². The van der Waals surface area contributed by atoms with Crippen molar-refractivity contribution in [2.45, 2.75) is 19.8 Å². The number of nitrogens with one attached hydrogen (secondary N) is 2. The molecule has 0 radical (unpaired) electrons. The highest BCUT2D eigenvalue weighted by atomic mass is 16.5. The van der Waals surface area contributed by atoms with E-state index in [0.717, 1.165) is 22.5 Å². The maximum absolute atomic E-state index is 12.3. The van der Waals surface area contributed by atoms with Crippen LogP contribution in [0.4, 0.5) is 17.1 Å². The van der Waals surface area contributed by atoms with E-state index in [-0.39, 0.29) is 5.91 Å². The Hall–Kier alpha value is -4.35. The molecule has 8 nitrogen and oxygen atoms in total. The number of methoxy groups -OCH3 is 1. The molecule has 1 amide bonds. The van der Waals surface area contributed by atoms with Crippen molar-refractivity contribution in [2.24, 2.45) is 0 Å². The average molecular weight is 456 g/mol. The van der Waals surface area contributed by atoms with Gasteiger partial charge in [0.15, 0.2) is 0 Å². The molecule has 0 unspecified atom stereocenters. The number of anilines is 3. The molecular weight excluding hydrogens is 430 g/mol. The van der Waals surface area contributed by atoms with E-state index >= 15 is 0 Å². The second-order valence-corrected chi connectivity index (χ2v) is 7.72. The van der Waals surface area contributed by atoms with E-state index in [0.29, 0.717) is 42.1 Å². The maximum atomic E-state index is 12.3. The third kappa shape index (κ3) is 5.17. The number of carbonyl (C=O) groups excluding carboxylic acids is 1. The van der Waals surface area contributed by atoms with Crippen LogP contribution in [0, 0.1) is 18.3 Å². The van der Waals surface area contributed by atoms with Crippen molar-refractivity contribution in [3.63, 3.8) is 0 Å². The van der Waals surface area contributed by atoms with E-state index in [1.54, 1.807) is 17.8 Å². The fraction of sp³-hybridized carbons (Fsp3) is 0.192. The summed E-state index contributed by atoms with van der Waals surface area (Å²) >= 11 is 0. The molecule has 0 aliphatic carbocycles. The smallest absolute Gasteiger partial charge is 0.224 e. The van der Waals surface area contributed by atoms with E-state index < -0.39 is 0 Å². The summed E-state index contributed by atoms with van der Waals surface area (Å²) in [7, 11) is 1.61. The maximum Gasteiger partial charge on any atom is 0.224 e. The number of nitriles is 1. The number of carbonyl (C=O) groups is 1. The molecule has 172 valence electrons. The number of fused-ring (bicyclic) bond motifs is 1. The third-order valence-electron chi connectivity index (χ3n) is 5.31. The summed E-state index contributed by atoms with van der Waals surface area (Å²) in [5, 5.41) is 20.3. The van der Waals surface area contributed by atoms with E-state index in [1.807, 2.05) is 61.5 Å². The number of aryl methyl sites for hydroxylation is 1. The summed E-state index contributed by atoms with van der Waals surface area (Å²) in [6.07, 6.45) is 4.26. The Morgan fingerprint density at radius 2 is 1.85 bits per heavy atom. The van der Waals surface area contributed by atoms with Crippen molar-refractivity contribution in [1.82, 2.24) is 9.61 Å². The van der Waals surface area contributed by atoms with Crippen molar-refractivity contribution < 1.29 is 14.3 Å². The van der Waals surface area contributed by atoms with Gasteiger partial charge in [0.05, 0.1) is 34.8 Å². The van der Waals surface area contributed by atoms with Crippen LogP contribution in [0.2, 0.25) is 0 Å². The summed E-state index contributed by atoms with van der Waals surface area (Å²) in [5.74, 6) is 1.36. The third-order valence-corrected chi connectivity index (χ3v) is 5.31. The topological polar surface area (TPSA) is 101 Å². The number of amides is 1. The molecule has 8 heteroatoms. The molecule has 0 aliphatic rings. The molecule has 0 saturated carbocycles. The second-order valence-electron chi connectivity index (χ2n) is 7.72. The molecular formula is C26H25N5O3. The first kappa shape index (κ1) is 22.8. The first-order chi connectivity index (χ1) is 16.6. The lowest BCUT2D eigenvalue weighted by molar-refractivity contribution is -0.116. The molecule has 0 fully saturated rings. The molecule has 2 heterocycles. The number of aromatic nitrogens is 2. The molecule has 0 bridgehead atoms. The van der Waals surface area contributed by atoms with Gasteiger partial charge in [-0.25, -0.2) is 4.52 Å². The molecule has 0 saturated heterocycles. The fourth-order valence-electron chi connectivity index (χ4n) is 3.59. The lowest BCUT2D eigenvalue weighted by Gasteiger charge is -2.12. The van der Waals surface area contributed by atoms with Gasteiger partial charge in [-0.2, -0.15) is 10.4 Å². The molecule has 0 spiro atoms. The monoisotopic (exact) mass is 455 g/mol. The van der Waals surface area contributed by atoms with Gasteiger partial charge in [0.2, 0.25) is 5.91 Å². The summed E-state index contributed by atoms with van der Waals surface area (Å²) in [6.45, 7) is 2.42. The van der Waals surface area contributed by atoms with Gasteiger partial charge < -0.3 is 20.1 Å². The minimum Gasteiger partial charge on any atom is -0.457 e. The second kappa shape index (κ2) is 10.5. The molecule has 0 atom stereocenters. The number of para-hydroxylation sites is 1. The quantitative estimate of drug-likeness (QED) is 0.327. The van der Waals surface area contributed by atoms with Crippen LogP contribution in [0.1, 0.15) is 24.0 Å². The largest absolute Gasteiger partial charge is 0.457 e. The molecule has 2 N–H and O–H groups in total. The van der Waals surface area contributed by atoms with Crippen LogP contribution < -0.4 is 15.4 Å². The minimum atomic E-state index is -0.0972. The van der Waals surface area contributed by atoms with Crippen molar-refractivity contribution in [3.05, 3.63) is 78.1 Å².